The van der Waals surface area contributed by atoms with Crippen LogP contribution in [0.1, 0.15) is 28.4 Å². The Balaban J connectivity index is 2.18. The van der Waals surface area contributed by atoms with Gasteiger partial charge in [0.25, 0.3) is 0 Å². The summed E-state index contributed by atoms with van der Waals surface area (Å²) in [6.07, 6.45) is 2.81. The number of hydrogen-bond acceptors (Lipinski definition) is 2. The van der Waals surface area contributed by atoms with Crippen LogP contribution in [0.5, 0.6) is 0 Å². The van der Waals surface area contributed by atoms with E-state index < -0.39 is 0 Å². The Morgan fingerprint density at radius 2 is 1.94 bits per heavy atom. The third kappa shape index (κ3) is 2.96. The zero-order valence-electron chi connectivity index (χ0n) is 11.3. The second-order valence-electron chi connectivity index (χ2n) is 4.72. The minimum Gasteiger partial charge on any atom is -0.311 e. The zero-order chi connectivity index (χ0) is 13.0. The molecule has 1 unspecified atom stereocenters. The van der Waals surface area contributed by atoms with E-state index in [1.54, 1.807) is 0 Å². The third-order valence-electron chi connectivity index (χ3n) is 3.40. The van der Waals surface area contributed by atoms with Crippen LogP contribution in [0.25, 0.3) is 0 Å². The molecule has 0 aliphatic heterocycles. The van der Waals surface area contributed by atoms with Gasteiger partial charge in [-0.3, -0.25) is 4.98 Å². The first-order valence-corrected chi connectivity index (χ1v) is 6.35. The molecule has 0 radical (unpaired) electrons. The Labute approximate surface area is 109 Å². The lowest BCUT2D eigenvalue weighted by atomic mass is 9.99. The van der Waals surface area contributed by atoms with Crippen LogP contribution < -0.4 is 5.32 Å². The number of hydrogen-bond donors (Lipinski definition) is 1. The molecule has 94 valence electrons. The van der Waals surface area contributed by atoms with Gasteiger partial charge in [-0.1, -0.05) is 24.3 Å². The molecule has 0 bridgehead atoms. The summed E-state index contributed by atoms with van der Waals surface area (Å²) < 4.78 is 0. The molecule has 18 heavy (non-hydrogen) atoms. The molecule has 2 rings (SSSR count). The Hall–Kier alpha value is -1.67. The normalized spacial score (nSPS) is 12.4. The first-order valence-electron chi connectivity index (χ1n) is 6.35. The maximum atomic E-state index is 4.42. The molecule has 0 saturated heterocycles. The van der Waals surface area contributed by atoms with E-state index in [0.717, 1.165) is 12.1 Å². The lowest BCUT2D eigenvalue weighted by Gasteiger charge is -2.16. The van der Waals surface area contributed by atoms with Crippen LogP contribution in [-0.4, -0.2) is 12.0 Å². The number of nitrogens with zero attached hydrogens (tertiary/aromatic N) is 1. The molecule has 1 aromatic heterocycles. The summed E-state index contributed by atoms with van der Waals surface area (Å²) >= 11 is 0. The van der Waals surface area contributed by atoms with Crippen LogP contribution >= 0.6 is 0 Å². The van der Waals surface area contributed by atoms with E-state index in [0.29, 0.717) is 0 Å². The van der Waals surface area contributed by atoms with Crippen molar-refractivity contribution in [1.82, 2.24) is 10.3 Å². The summed E-state index contributed by atoms with van der Waals surface area (Å²) in [7, 11) is 1.99. The van der Waals surface area contributed by atoms with E-state index in [1.807, 2.05) is 25.4 Å². The van der Waals surface area contributed by atoms with E-state index in [1.165, 1.54) is 16.7 Å². The average molecular weight is 240 g/mol. The smallest absolute Gasteiger partial charge is 0.0576 e. The fourth-order valence-corrected chi connectivity index (χ4v) is 2.10. The molecular weight excluding hydrogens is 220 g/mol. The Kier molecular flexibility index (Phi) is 4.11. The van der Waals surface area contributed by atoms with Crippen LogP contribution in [0, 0.1) is 13.8 Å². The van der Waals surface area contributed by atoms with E-state index in [9.17, 15) is 0 Å². The van der Waals surface area contributed by atoms with Gasteiger partial charge in [-0.25, -0.2) is 0 Å². The molecular formula is C16H20N2. The van der Waals surface area contributed by atoms with Crippen molar-refractivity contribution in [3.63, 3.8) is 0 Å². The Morgan fingerprint density at radius 3 is 2.56 bits per heavy atom. The molecule has 0 aliphatic rings. The van der Waals surface area contributed by atoms with Gasteiger partial charge in [0.05, 0.1) is 11.7 Å². The fourth-order valence-electron chi connectivity index (χ4n) is 2.10. The molecule has 1 atom stereocenters. The van der Waals surface area contributed by atoms with Gasteiger partial charge in [-0.15, -0.1) is 0 Å². The highest BCUT2D eigenvalue weighted by Crippen LogP contribution is 2.18. The highest BCUT2D eigenvalue weighted by Gasteiger charge is 2.11. The van der Waals surface area contributed by atoms with Gasteiger partial charge in [0.15, 0.2) is 0 Å². The number of aryl methyl sites for hydroxylation is 2. The first-order chi connectivity index (χ1) is 8.70. The van der Waals surface area contributed by atoms with E-state index in [4.69, 9.17) is 0 Å². The summed E-state index contributed by atoms with van der Waals surface area (Å²) in [5.41, 5.74) is 5.14. The summed E-state index contributed by atoms with van der Waals surface area (Å²) in [4.78, 5) is 4.42. The quantitative estimate of drug-likeness (QED) is 0.887. The maximum absolute atomic E-state index is 4.42. The number of nitrogens with one attached hydrogen (secondary N) is 1. The Morgan fingerprint density at radius 1 is 1.11 bits per heavy atom. The highest BCUT2D eigenvalue weighted by molar-refractivity contribution is 5.31. The minimum atomic E-state index is 0.272. The van der Waals surface area contributed by atoms with Gasteiger partial charge in [-0.05, 0) is 56.1 Å². The van der Waals surface area contributed by atoms with E-state index in [2.05, 4.69) is 48.4 Å². The van der Waals surface area contributed by atoms with Crippen LogP contribution in [0.2, 0.25) is 0 Å². The van der Waals surface area contributed by atoms with Crippen molar-refractivity contribution in [2.24, 2.45) is 0 Å². The second kappa shape index (κ2) is 5.78. The van der Waals surface area contributed by atoms with Gasteiger partial charge in [0, 0.05) is 6.20 Å². The van der Waals surface area contributed by atoms with Gasteiger partial charge in [-0.2, -0.15) is 0 Å². The number of likely N-dealkylation sites (N-methyl/N-ethyl adjacent to an activating group) is 1. The first kappa shape index (κ1) is 12.8. The number of benzene rings is 1. The van der Waals surface area contributed by atoms with E-state index in [-0.39, 0.29) is 6.04 Å². The van der Waals surface area contributed by atoms with Crippen LogP contribution in [-0.2, 0) is 6.42 Å². The van der Waals surface area contributed by atoms with Crippen molar-refractivity contribution in [3.8, 4) is 0 Å². The van der Waals surface area contributed by atoms with Gasteiger partial charge in [0.2, 0.25) is 0 Å². The standard InChI is InChI=1S/C16H20N2/c1-12-7-8-14(10-13(12)2)11-16(17-3)15-6-4-5-9-18-15/h4-10,16-17H,11H2,1-3H3. The predicted molar refractivity (Wildman–Crippen MR) is 75.7 cm³/mol. The average Bonchev–Trinajstić information content (AvgIpc) is 2.41. The van der Waals surface area contributed by atoms with Crippen molar-refractivity contribution in [3.05, 3.63) is 65.0 Å². The lowest BCUT2D eigenvalue weighted by Crippen LogP contribution is -2.19. The highest BCUT2D eigenvalue weighted by atomic mass is 14.9. The van der Waals surface area contributed by atoms with Crippen molar-refractivity contribution in [1.29, 1.82) is 0 Å². The molecule has 1 N–H and O–H groups in total. The minimum absolute atomic E-state index is 0.272. The van der Waals surface area contributed by atoms with Crippen molar-refractivity contribution < 1.29 is 0 Å². The SMILES string of the molecule is CNC(Cc1ccc(C)c(C)c1)c1ccccn1. The largest absolute Gasteiger partial charge is 0.311 e. The van der Waals surface area contributed by atoms with Crippen molar-refractivity contribution >= 4 is 0 Å². The molecule has 0 fully saturated rings. The molecule has 0 aliphatic carbocycles. The zero-order valence-corrected chi connectivity index (χ0v) is 11.3. The number of pyridine rings is 1. The molecule has 0 amide bonds. The maximum Gasteiger partial charge on any atom is 0.0576 e. The van der Waals surface area contributed by atoms with Gasteiger partial charge >= 0.3 is 0 Å². The molecule has 2 aromatic rings. The monoisotopic (exact) mass is 240 g/mol. The van der Waals surface area contributed by atoms with Gasteiger partial charge in [0.1, 0.15) is 0 Å². The number of rotatable bonds is 4. The topological polar surface area (TPSA) is 24.9 Å². The summed E-state index contributed by atoms with van der Waals surface area (Å²) in [5, 5.41) is 3.34. The summed E-state index contributed by atoms with van der Waals surface area (Å²) in [6.45, 7) is 4.31. The lowest BCUT2D eigenvalue weighted by molar-refractivity contribution is 0.576. The number of aromatic nitrogens is 1. The third-order valence-corrected chi connectivity index (χ3v) is 3.40. The van der Waals surface area contributed by atoms with Crippen molar-refractivity contribution in [2.75, 3.05) is 7.05 Å². The molecule has 2 heteroatoms. The fraction of sp³-hybridized carbons (Fsp3) is 0.312. The molecule has 1 heterocycles. The predicted octanol–water partition coefficient (Wildman–Crippen LogP) is 3.20. The summed E-state index contributed by atoms with van der Waals surface area (Å²) in [5.74, 6) is 0. The van der Waals surface area contributed by atoms with Crippen molar-refractivity contribution in [2.45, 2.75) is 26.3 Å². The summed E-state index contributed by atoms with van der Waals surface area (Å²) in [6, 6.07) is 13.0. The van der Waals surface area contributed by atoms with Gasteiger partial charge < -0.3 is 5.32 Å². The molecule has 0 spiro atoms. The van der Waals surface area contributed by atoms with Crippen LogP contribution in [0.15, 0.2) is 42.6 Å². The van der Waals surface area contributed by atoms with Crippen LogP contribution in [0.4, 0.5) is 0 Å². The molecule has 0 saturated carbocycles. The van der Waals surface area contributed by atoms with Crippen LogP contribution in [0.3, 0.4) is 0 Å². The Bertz CT molecular complexity index is 506. The second-order valence-corrected chi connectivity index (χ2v) is 4.72. The van der Waals surface area contributed by atoms with E-state index >= 15 is 0 Å². The molecule has 1 aromatic carbocycles. The molecule has 2 nitrogen and oxygen atoms in total.